The lowest BCUT2D eigenvalue weighted by atomic mass is 10.1. The lowest BCUT2D eigenvalue weighted by Crippen LogP contribution is -2.51. The molecule has 0 radical (unpaired) electrons. The summed E-state index contributed by atoms with van der Waals surface area (Å²) in [6.45, 7) is 1.34. The van der Waals surface area contributed by atoms with Crippen LogP contribution < -0.4 is 14.4 Å². The highest BCUT2D eigenvalue weighted by molar-refractivity contribution is 7.92. The van der Waals surface area contributed by atoms with Gasteiger partial charge in [-0.25, -0.2) is 8.42 Å². The third-order valence-corrected chi connectivity index (χ3v) is 6.87. The number of methoxy groups -OCH3 is 1. The summed E-state index contributed by atoms with van der Waals surface area (Å²) in [5.41, 5.74) is 0.917. The summed E-state index contributed by atoms with van der Waals surface area (Å²) in [5.74, 6) is -0.305. The molecule has 2 amide bonds. The Morgan fingerprint density at radius 2 is 1.82 bits per heavy atom. The summed E-state index contributed by atoms with van der Waals surface area (Å²) < 4.78 is 31.3. The standard InChI is InChI=1S/C22H27Cl2N3O5S/c1-5-20(22(29)25-2)26(13-15-7-6-8-17(11-15)32-3)21(28)14-27(33(4,30)31)16-9-10-18(23)19(24)12-16/h6-12,20H,5,13-14H2,1-4H3,(H,25,29)/t20-/m0/s1. The van der Waals surface area contributed by atoms with Gasteiger partial charge in [-0.2, -0.15) is 0 Å². The minimum atomic E-state index is -3.85. The van der Waals surface area contributed by atoms with Gasteiger partial charge in [0.2, 0.25) is 21.8 Å². The van der Waals surface area contributed by atoms with Crippen LogP contribution in [0.2, 0.25) is 10.0 Å². The molecular weight excluding hydrogens is 489 g/mol. The second kappa shape index (κ2) is 11.6. The van der Waals surface area contributed by atoms with Crippen molar-refractivity contribution in [1.29, 1.82) is 0 Å². The van der Waals surface area contributed by atoms with E-state index < -0.39 is 28.5 Å². The molecule has 0 aliphatic carbocycles. The van der Waals surface area contributed by atoms with Gasteiger partial charge in [0, 0.05) is 13.6 Å². The molecular formula is C22H27Cl2N3O5S. The number of likely N-dealkylation sites (N-methyl/N-ethyl adjacent to an activating group) is 1. The van der Waals surface area contributed by atoms with Crippen molar-refractivity contribution < 1.29 is 22.7 Å². The summed E-state index contributed by atoms with van der Waals surface area (Å²) in [6.07, 6.45) is 1.33. The number of carbonyl (C=O) groups excluding carboxylic acids is 2. The lowest BCUT2D eigenvalue weighted by molar-refractivity contribution is -0.140. The molecule has 0 aliphatic rings. The first-order valence-electron chi connectivity index (χ1n) is 10.1. The van der Waals surface area contributed by atoms with Crippen molar-refractivity contribution >= 4 is 50.7 Å². The van der Waals surface area contributed by atoms with Crippen LogP contribution in [0.4, 0.5) is 5.69 Å². The van der Waals surface area contributed by atoms with Crippen LogP contribution in [0.15, 0.2) is 42.5 Å². The van der Waals surface area contributed by atoms with E-state index in [1.54, 1.807) is 31.2 Å². The number of nitrogens with zero attached hydrogens (tertiary/aromatic N) is 2. The van der Waals surface area contributed by atoms with Crippen LogP contribution in [0, 0.1) is 0 Å². The Bertz CT molecular complexity index is 1110. The monoisotopic (exact) mass is 515 g/mol. The molecule has 0 aromatic heterocycles. The predicted molar refractivity (Wildman–Crippen MR) is 130 cm³/mol. The number of ether oxygens (including phenoxy) is 1. The van der Waals surface area contributed by atoms with Crippen LogP contribution in [0.25, 0.3) is 0 Å². The smallest absolute Gasteiger partial charge is 0.244 e. The summed E-state index contributed by atoms with van der Waals surface area (Å²) in [6, 6.07) is 10.6. The first kappa shape index (κ1) is 26.8. The van der Waals surface area contributed by atoms with E-state index >= 15 is 0 Å². The van der Waals surface area contributed by atoms with E-state index in [1.165, 1.54) is 37.3 Å². The molecule has 180 valence electrons. The topological polar surface area (TPSA) is 96.0 Å². The van der Waals surface area contributed by atoms with Crippen LogP contribution in [-0.4, -0.2) is 58.1 Å². The van der Waals surface area contributed by atoms with Gasteiger partial charge in [-0.05, 0) is 42.3 Å². The van der Waals surface area contributed by atoms with Crippen LogP contribution >= 0.6 is 23.2 Å². The van der Waals surface area contributed by atoms with Gasteiger partial charge in [0.15, 0.2) is 0 Å². The minimum Gasteiger partial charge on any atom is -0.497 e. The van der Waals surface area contributed by atoms with Crippen LogP contribution in [0.5, 0.6) is 5.75 Å². The van der Waals surface area contributed by atoms with Crippen molar-refractivity contribution in [2.75, 3.05) is 31.3 Å². The summed E-state index contributed by atoms with van der Waals surface area (Å²) in [5, 5.41) is 2.98. The molecule has 0 spiro atoms. The molecule has 0 unspecified atom stereocenters. The van der Waals surface area contributed by atoms with Gasteiger partial charge in [-0.1, -0.05) is 42.3 Å². The van der Waals surface area contributed by atoms with Crippen molar-refractivity contribution in [3.63, 3.8) is 0 Å². The Morgan fingerprint density at radius 3 is 2.36 bits per heavy atom. The van der Waals surface area contributed by atoms with Gasteiger partial charge in [-0.15, -0.1) is 0 Å². The van der Waals surface area contributed by atoms with E-state index in [2.05, 4.69) is 5.32 Å². The Labute approximate surface area is 204 Å². The van der Waals surface area contributed by atoms with Gasteiger partial charge < -0.3 is 15.0 Å². The Morgan fingerprint density at radius 1 is 1.12 bits per heavy atom. The van der Waals surface area contributed by atoms with E-state index in [1.807, 2.05) is 0 Å². The maximum Gasteiger partial charge on any atom is 0.244 e. The number of anilines is 1. The molecule has 11 heteroatoms. The normalized spacial score (nSPS) is 12.1. The fourth-order valence-corrected chi connectivity index (χ4v) is 4.44. The number of amides is 2. The number of nitrogens with one attached hydrogen (secondary N) is 1. The highest BCUT2D eigenvalue weighted by Crippen LogP contribution is 2.28. The molecule has 2 aromatic carbocycles. The predicted octanol–water partition coefficient (Wildman–Crippen LogP) is 3.32. The number of hydrogen-bond acceptors (Lipinski definition) is 5. The second-order valence-corrected chi connectivity index (χ2v) is 10.0. The van der Waals surface area contributed by atoms with Gasteiger partial charge in [-0.3, -0.25) is 13.9 Å². The van der Waals surface area contributed by atoms with Crippen LogP contribution in [-0.2, 0) is 26.2 Å². The van der Waals surface area contributed by atoms with E-state index in [4.69, 9.17) is 27.9 Å². The maximum absolute atomic E-state index is 13.5. The summed E-state index contributed by atoms with van der Waals surface area (Å²) in [4.78, 5) is 27.4. The first-order valence-corrected chi connectivity index (χ1v) is 12.7. The third kappa shape index (κ3) is 6.99. The molecule has 0 aliphatic heterocycles. The first-order chi connectivity index (χ1) is 15.5. The van der Waals surface area contributed by atoms with Crippen molar-refractivity contribution in [3.8, 4) is 5.75 Å². The summed E-state index contributed by atoms with van der Waals surface area (Å²) >= 11 is 12.0. The number of hydrogen-bond donors (Lipinski definition) is 1. The zero-order chi connectivity index (χ0) is 24.8. The molecule has 0 bridgehead atoms. The second-order valence-electron chi connectivity index (χ2n) is 7.28. The Hall–Kier alpha value is -2.49. The Balaban J connectivity index is 2.45. The average molecular weight is 516 g/mol. The number of benzene rings is 2. The molecule has 2 aromatic rings. The van der Waals surface area contributed by atoms with Gasteiger partial charge in [0.25, 0.3) is 0 Å². The zero-order valence-corrected chi connectivity index (χ0v) is 21.2. The van der Waals surface area contributed by atoms with Crippen molar-refractivity contribution in [2.24, 2.45) is 0 Å². The molecule has 0 saturated heterocycles. The van der Waals surface area contributed by atoms with Crippen LogP contribution in [0.3, 0.4) is 0 Å². The molecule has 0 saturated carbocycles. The fraction of sp³-hybridized carbons (Fsp3) is 0.364. The van der Waals surface area contributed by atoms with E-state index in [0.717, 1.165) is 16.1 Å². The quantitative estimate of drug-likeness (QED) is 0.523. The number of sulfonamides is 1. The van der Waals surface area contributed by atoms with Gasteiger partial charge in [0.1, 0.15) is 18.3 Å². The number of carbonyl (C=O) groups is 2. The van der Waals surface area contributed by atoms with Crippen molar-refractivity contribution in [2.45, 2.75) is 25.9 Å². The lowest BCUT2D eigenvalue weighted by Gasteiger charge is -2.32. The molecule has 1 N–H and O–H groups in total. The van der Waals surface area contributed by atoms with E-state index in [0.29, 0.717) is 12.2 Å². The SMILES string of the molecule is CC[C@@H](C(=O)NC)N(Cc1cccc(OC)c1)C(=O)CN(c1ccc(Cl)c(Cl)c1)S(C)(=O)=O. The van der Waals surface area contributed by atoms with Crippen LogP contribution in [0.1, 0.15) is 18.9 Å². The van der Waals surface area contributed by atoms with Crippen molar-refractivity contribution in [1.82, 2.24) is 10.2 Å². The third-order valence-electron chi connectivity index (χ3n) is 4.99. The fourth-order valence-electron chi connectivity index (χ4n) is 3.31. The molecule has 2 rings (SSSR count). The summed E-state index contributed by atoms with van der Waals surface area (Å²) in [7, 11) is -0.840. The maximum atomic E-state index is 13.5. The van der Waals surface area contributed by atoms with E-state index in [-0.39, 0.29) is 28.2 Å². The van der Waals surface area contributed by atoms with Crippen molar-refractivity contribution in [3.05, 3.63) is 58.1 Å². The molecule has 1 atom stereocenters. The number of rotatable bonds is 10. The average Bonchev–Trinajstić information content (AvgIpc) is 2.78. The largest absolute Gasteiger partial charge is 0.497 e. The zero-order valence-electron chi connectivity index (χ0n) is 18.8. The Kier molecular flexibility index (Phi) is 9.39. The molecule has 0 heterocycles. The molecule has 0 fully saturated rings. The number of halogens is 2. The highest BCUT2D eigenvalue weighted by atomic mass is 35.5. The molecule has 33 heavy (non-hydrogen) atoms. The van der Waals surface area contributed by atoms with Gasteiger partial charge >= 0.3 is 0 Å². The minimum absolute atomic E-state index is 0.0843. The highest BCUT2D eigenvalue weighted by Gasteiger charge is 2.31. The molecule has 8 nitrogen and oxygen atoms in total. The van der Waals surface area contributed by atoms with Gasteiger partial charge in [0.05, 0.1) is 29.1 Å². The van der Waals surface area contributed by atoms with E-state index in [9.17, 15) is 18.0 Å².